The van der Waals surface area contributed by atoms with Crippen LogP contribution in [0.15, 0.2) is 24.5 Å². The third-order valence-corrected chi connectivity index (χ3v) is 2.25. The van der Waals surface area contributed by atoms with E-state index in [4.69, 9.17) is 0 Å². The second-order valence-electron chi connectivity index (χ2n) is 3.62. The Kier molecular flexibility index (Phi) is 3.31. The number of nitrogens with zero attached hydrogens (tertiary/aromatic N) is 3. The minimum atomic E-state index is -1.16. The summed E-state index contributed by atoms with van der Waals surface area (Å²) in [7, 11) is 1.69. The van der Waals surface area contributed by atoms with Crippen LogP contribution in [0.4, 0.5) is 8.78 Å². The van der Waals surface area contributed by atoms with Gasteiger partial charge in [0.25, 0.3) is 5.91 Å². The highest BCUT2D eigenvalue weighted by Crippen LogP contribution is 2.11. The van der Waals surface area contributed by atoms with E-state index in [1.54, 1.807) is 7.05 Å². The molecule has 1 N–H and O–H groups in total. The van der Waals surface area contributed by atoms with Crippen molar-refractivity contribution in [1.82, 2.24) is 20.1 Å². The molecule has 1 aromatic heterocycles. The molecule has 1 amide bonds. The number of nitrogens with one attached hydrogen (secondary N) is 1. The highest BCUT2D eigenvalue weighted by Gasteiger charge is 2.15. The van der Waals surface area contributed by atoms with Crippen molar-refractivity contribution in [1.29, 1.82) is 0 Å². The van der Waals surface area contributed by atoms with Crippen LogP contribution in [0.3, 0.4) is 0 Å². The van der Waals surface area contributed by atoms with Crippen molar-refractivity contribution in [2.75, 3.05) is 0 Å². The van der Waals surface area contributed by atoms with Crippen LogP contribution in [0.25, 0.3) is 0 Å². The number of aryl methyl sites for hydroxylation is 1. The standard InChI is InChI=1S/C11H10F2N4O/c1-17-6-15-9(16-17)5-14-11(18)7-3-2-4-8(12)10(7)13/h2-4,6H,5H2,1H3,(H,14,18). The Hall–Kier alpha value is -2.31. The fourth-order valence-corrected chi connectivity index (χ4v) is 1.40. The van der Waals surface area contributed by atoms with Gasteiger partial charge in [0.15, 0.2) is 17.5 Å². The molecule has 0 saturated heterocycles. The third-order valence-electron chi connectivity index (χ3n) is 2.25. The molecule has 5 nitrogen and oxygen atoms in total. The van der Waals surface area contributed by atoms with Crippen molar-refractivity contribution < 1.29 is 13.6 Å². The SMILES string of the molecule is Cn1cnc(CNC(=O)c2cccc(F)c2F)n1. The zero-order valence-electron chi connectivity index (χ0n) is 9.52. The lowest BCUT2D eigenvalue weighted by molar-refractivity contribution is 0.0944. The molecule has 2 rings (SSSR count). The van der Waals surface area contributed by atoms with Crippen molar-refractivity contribution in [2.45, 2.75) is 6.54 Å². The first-order valence-electron chi connectivity index (χ1n) is 5.14. The van der Waals surface area contributed by atoms with E-state index in [1.165, 1.54) is 23.1 Å². The van der Waals surface area contributed by atoms with E-state index in [1.807, 2.05) is 0 Å². The minimum absolute atomic E-state index is 0.0512. The van der Waals surface area contributed by atoms with Crippen molar-refractivity contribution in [2.24, 2.45) is 7.05 Å². The molecule has 0 aliphatic rings. The van der Waals surface area contributed by atoms with Crippen LogP contribution in [0, 0.1) is 11.6 Å². The van der Waals surface area contributed by atoms with Gasteiger partial charge in [0.1, 0.15) is 6.33 Å². The van der Waals surface area contributed by atoms with E-state index in [-0.39, 0.29) is 12.1 Å². The summed E-state index contributed by atoms with van der Waals surface area (Å²) in [5, 5.41) is 6.35. The van der Waals surface area contributed by atoms with E-state index < -0.39 is 17.5 Å². The molecule has 7 heteroatoms. The van der Waals surface area contributed by atoms with Gasteiger partial charge in [-0.3, -0.25) is 9.48 Å². The monoisotopic (exact) mass is 252 g/mol. The number of hydrogen-bond donors (Lipinski definition) is 1. The highest BCUT2D eigenvalue weighted by atomic mass is 19.2. The molecule has 1 aromatic carbocycles. The molecule has 0 unspecified atom stereocenters. The molecule has 0 bridgehead atoms. The molecule has 0 spiro atoms. The van der Waals surface area contributed by atoms with Gasteiger partial charge < -0.3 is 5.32 Å². The van der Waals surface area contributed by atoms with Crippen LogP contribution >= 0.6 is 0 Å². The van der Waals surface area contributed by atoms with Crippen molar-refractivity contribution >= 4 is 5.91 Å². The van der Waals surface area contributed by atoms with Gasteiger partial charge in [-0.25, -0.2) is 13.8 Å². The van der Waals surface area contributed by atoms with Crippen molar-refractivity contribution in [3.05, 3.63) is 47.5 Å². The molecule has 1 heterocycles. The lowest BCUT2D eigenvalue weighted by atomic mass is 10.2. The third kappa shape index (κ3) is 2.50. The van der Waals surface area contributed by atoms with Crippen LogP contribution in [0.2, 0.25) is 0 Å². The predicted molar refractivity (Wildman–Crippen MR) is 58.5 cm³/mol. The largest absolute Gasteiger partial charge is 0.345 e. The zero-order chi connectivity index (χ0) is 13.1. The summed E-state index contributed by atoms with van der Waals surface area (Å²) in [6, 6.07) is 3.43. The number of carbonyl (C=O) groups excluding carboxylic acids is 1. The maximum Gasteiger partial charge on any atom is 0.254 e. The maximum absolute atomic E-state index is 13.3. The number of hydrogen-bond acceptors (Lipinski definition) is 3. The van der Waals surface area contributed by atoms with E-state index in [0.717, 1.165) is 6.07 Å². The van der Waals surface area contributed by atoms with Gasteiger partial charge in [0.2, 0.25) is 0 Å². The zero-order valence-corrected chi connectivity index (χ0v) is 9.52. The maximum atomic E-state index is 13.3. The molecule has 0 aliphatic carbocycles. The summed E-state index contributed by atoms with van der Waals surface area (Å²) in [5.41, 5.74) is -0.342. The normalized spacial score (nSPS) is 10.4. The first-order chi connectivity index (χ1) is 8.58. The van der Waals surface area contributed by atoms with Gasteiger partial charge in [-0.15, -0.1) is 0 Å². The smallest absolute Gasteiger partial charge is 0.254 e. The highest BCUT2D eigenvalue weighted by molar-refractivity contribution is 5.94. The van der Waals surface area contributed by atoms with Gasteiger partial charge in [0, 0.05) is 7.05 Å². The topological polar surface area (TPSA) is 59.8 Å². The molecule has 0 fully saturated rings. The summed E-state index contributed by atoms with van der Waals surface area (Å²) in [5.74, 6) is -2.54. The van der Waals surface area contributed by atoms with Gasteiger partial charge in [-0.05, 0) is 12.1 Å². The quantitative estimate of drug-likeness (QED) is 0.887. The number of rotatable bonds is 3. The van der Waals surface area contributed by atoms with Crippen LogP contribution < -0.4 is 5.32 Å². The number of amides is 1. The Labute approximate surface area is 101 Å². The Morgan fingerprint density at radius 2 is 2.22 bits per heavy atom. The Balaban J connectivity index is 2.06. The molecule has 0 radical (unpaired) electrons. The van der Waals surface area contributed by atoms with Crippen LogP contribution in [0.1, 0.15) is 16.2 Å². The van der Waals surface area contributed by atoms with E-state index in [2.05, 4.69) is 15.4 Å². The number of carbonyl (C=O) groups is 1. The lowest BCUT2D eigenvalue weighted by Crippen LogP contribution is -2.24. The second-order valence-corrected chi connectivity index (χ2v) is 3.62. The van der Waals surface area contributed by atoms with Gasteiger partial charge in [-0.2, -0.15) is 5.10 Å². The number of benzene rings is 1. The molecule has 0 saturated carbocycles. The molecule has 2 aromatic rings. The van der Waals surface area contributed by atoms with Gasteiger partial charge in [-0.1, -0.05) is 6.07 Å². The first-order valence-corrected chi connectivity index (χ1v) is 5.14. The molecule has 0 aliphatic heterocycles. The summed E-state index contributed by atoms with van der Waals surface area (Å²) in [6.07, 6.45) is 1.48. The van der Waals surface area contributed by atoms with E-state index in [0.29, 0.717) is 5.82 Å². The molecule has 18 heavy (non-hydrogen) atoms. The number of aromatic nitrogens is 3. The van der Waals surface area contributed by atoms with Crippen LogP contribution in [0.5, 0.6) is 0 Å². The van der Waals surface area contributed by atoms with Crippen LogP contribution in [-0.2, 0) is 13.6 Å². The Morgan fingerprint density at radius 3 is 2.89 bits per heavy atom. The summed E-state index contributed by atoms with van der Waals surface area (Å²) in [4.78, 5) is 15.5. The van der Waals surface area contributed by atoms with Crippen molar-refractivity contribution in [3.8, 4) is 0 Å². The van der Waals surface area contributed by atoms with E-state index in [9.17, 15) is 13.6 Å². The predicted octanol–water partition coefficient (Wildman–Crippen LogP) is 1.02. The van der Waals surface area contributed by atoms with Crippen LogP contribution in [-0.4, -0.2) is 20.7 Å². The summed E-state index contributed by atoms with van der Waals surface area (Å²) < 4.78 is 27.7. The van der Waals surface area contributed by atoms with Gasteiger partial charge in [0.05, 0.1) is 12.1 Å². The summed E-state index contributed by atoms with van der Waals surface area (Å²) in [6.45, 7) is 0.0512. The fourth-order valence-electron chi connectivity index (χ4n) is 1.40. The Bertz CT molecular complexity index is 582. The second kappa shape index (κ2) is 4.91. The Morgan fingerprint density at radius 1 is 1.44 bits per heavy atom. The molecule has 0 atom stereocenters. The lowest BCUT2D eigenvalue weighted by Gasteiger charge is -2.04. The minimum Gasteiger partial charge on any atom is -0.345 e. The average molecular weight is 252 g/mol. The first kappa shape index (κ1) is 12.2. The van der Waals surface area contributed by atoms with Crippen molar-refractivity contribution in [3.63, 3.8) is 0 Å². The number of halogens is 2. The molecule has 94 valence electrons. The molecular weight excluding hydrogens is 242 g/mol. The summed E-state index contributed by atoms with van der Waals surface area (Å²) >= 11 is 0. The fraction of sp³-hybridized carbons (Fsp3) is 0.182. The van der Waals surface area contributed by atoms with E-state index >= 15 is 0 Å². The average Bonchev–Trinajstić information content (AvgIpc) is 2.76. The van der Waals surface area contributed by atoms with Gasteiger partial charge >= 0.3 is 0 Å². The molecular formula is C11H10F2N4O.